The Morgan fingerprint density at radius 1 is 0.865 bits per heavy atom. The van der Waals surface area contributed by atoms with Crippen molar-refractivity contribution in [3.8, 4) is 0 Å². The number of nitrogens with zero attached hydrogens (tertiary/aromatic N) is 2. The second kappa shape index (κ2) is 13.9. The third kappa shape index (κ3) is 7.77. The monoisotopic (exact) mass is 740 g/mol. The van der Waals surface area contributed by atoms with Crippen LogP contribution in [0.2, 0.25) is 0 Å². The van der Waals surface area contributed by atoms with Crippen LogP contribution in [0.25, 0.3) is 5.57 Å². The van der Waals surface area contributed by atoms with Gasteiger partial charge in [0.15, 0.2) is 0 Å². The van der Waals surface area contributed by atoms with Crippen molar-refractivity contribution in [1.29, 1.82) is 0 Å². The minimum absolute atomic E-state index is 0.0112. The molecule has 1 fully saturated rings. The zero-order valence-electron chi connectivity index (χ0n) is 28.4. The zero-order valence-corrected chi connectivity index (χ0v) is 28.4. The summed E-state index contributed by atoms with van der Waals surface area (Å²) in [7, 11) is 4.63. The molecule has 3 atom stereocenters. The van der Waals surface area contributed by atoms with Gasteiger partial charge in [-0.2, -0.15) is 39.5 Å². The summed E-state index contributed by atoms with van der Waals surface area (Å²) in [4.78, 5) is 28.1. The number of ether oxygens (including phenoxy) is 2. The van der Waals surface area contributed by atoms with Gasteiger partial charge in [-0.3, -0.25) is 9.69 Å². The van der Waals surface area contributed by atoms with Gasteiger partial charge in [0.25, 0.3) is 5.91 Å². The van der Waals surface area contributed by atoms with Crippen LogP contribution in [0, 0.1) is 6.92 Å². The van der Waals surface area contributed by atoms with E-state index < -0.39 is 71.5 Å². The Labute approximate surface area is 293 Å². The van der Waals surface area contributed by atoms with Crippen LogP contribution in [-0.2, 0) is 34.5 Å². The molecule has 1 unspecified atom stereocenters. The van der Waals surface area contributed by atoms with E-state index in [9.17, 15) is 49.1 Å². The van der Waals surface area contributed by atoms with Crippen LogP contribution in [0.5, 0.6) is 0 Å². The van der Waals surface area contributed by atoms with Gasteiger partial charge in [-0.05, 0) is 102 Å². The second-order valence-electron chi connectivity index (χ2n) is 12.9. The Morgan fingerprint density at radius 2 is 1.48 bits per heavy atom. The molecule has 0 spiro atoms. The molecule has 0 bridgehead atoms. The fraction of sp³-hybridized carbons (Fsp3) is 0.351. The highest BCUT2D eigenvalue weighted by Crippen LogP contribution is 2.45. The molecule has 278 valence electrons. The lowest BCUT2D eigenvalue weighted by Crippen LogP contribution is -2.32. The lowest BCUT2D eigenvalue weighted by Gasteiger charge is -2.29. The fourth-order valence-electron chi connectivity index (χ4n) is 6.52. The molecule has 0 N–H and O–H groups in total. The van der Waals surface area contributed by atoms with Crippen molar-refractivity contribution in [2.45, 2.75) is 63.4 Å². The minimum Gasteiger partial charge on any atom is -0.500 e. The third-order valence-corrected chi connectivity index (χ3v) is 9.19. The van der Waals surface area contributed by atoms with Crippen molar-refractivity contribution >= 4 is 17.6 Å². The first kappa shape index (κ1) is 38.3. The second-order valence-corrected chi connectivity index (χ2v) is 12.9. The molecule has 1 heterocycles. The quantitative estimate of drug-likeness (QED) is 0.227. The molecule has 5 rings (SSSR count). The van der Waals surface area contributed by atoms with Crippen LogP contribution >= 0.6 is 0 Å². The smallest absolute Gasteiger partial charge is 0.416 e. The normalized spacial score (nSPS) is 19.6. The van der Waals surface area contributed by atoms with Crippen molar-refractivity contribution in [2.24, 2.45) is 0 Å². The number of carbonyl (C=O) groups is 2. The molecule has 0 aromatic heterocycles. The van der Waals surface area contributed by atoms with Gasteiger partial charge in [-0.1, -0.05) is 18.2 Å². The Hall–Kier alpha value is -4.95. The number of hydrogen-bond donors (Lipinski definition) is 0. The molecule has 1 aliphatic heterocycles. The number of cyclic esters (lactones) is 1. The van der Waals surface area contributed by atoms with Gasteiger partial charge in [0.05, 0.1) is 29.8 Å². The van der Waals surface area contributed by atoms with E-state index in [2.05, 4.69) is 0 Å². The number of amides is 2. The average molecular weight is 741 g/mol. The van der Waals surface area contributed by atoms with Gasteiger partial charge in [-0.25, -0.2) is 4.79 Å². The van der Waals surface area contributed by atoms with Crippen molar-refractivity contribution < 1.29 is 58.6 Å². The molecule has 0 radical (unpaired) electrons. The molecule has 1 saturated heterocycles. The maximum absolute atomic E-state index is 14.0. The van der Waals surface area contributed by atoms with Gasteiger partial charge in [0, 0.05) is 32.1 Å². The summed E-state index contributed by atoms with van der Waals surface area (Å²) >= 11 is 0. The van der Waals surface area contributed by atoms with Crippen molar-refractivity contribution in [2.75, 3.05) is 21.2 Å². The maximum atomic E-state index is 14.0. The molecule has 3 aromatic rings. The van der Waals surface area contributed by atoms with Gasteiger partial charge < -0.3 is 14.4 Å². The third-order valence-electron chi connectivity index (χ3n) is 9.19. The Kier molecular flexibility index (Phi) is 10.2. The number of alkyl halides is 9. The number of allylic oxidation sites excluding steroid dienone is 4. The largest absolute Gasteiger partial charge is 0.500 e. The lowest BCUT2D eigenvalue weighted by atomic mass is 9.80. The predicted octanol–water partition coefficient (Wildman–Crippen LogP) is 9.94. The zero-order chi connectivity index (χ0) is 38.5. The molecule has 3 aromatic carbocycles. The Morgan fingerprint density at radius 3 is 2.02 bits per heavy atom. The number of methoxy groups -OCH3 is 1. The molecule has 15 heteroatoms. The first-order valence-corrected chi connectivity index (χ1v) is 15.8. The highest BCUT2D eigenvalue weighted by molar-refractivity contribution is 5.94. The summed E-state index contributed by atoms with van der Waals surface area (Å²) in [5.74, 6) is -0.487. The van der Waals surface area contributed by atoms with Crippen molar-refractivity contribution in [3.05, 3.63) is 123 Å². The standard InChI is InChI=1S/C37H33F9N2O4/c1-19-12-22(33(49)47(3)4)6-9-28(19)21-7-11-31(51-5)30(16-21)29-10-8-25(35(38,39)40)15-24(29)18-48-20(2)32(52-34(48)50)23-13-26(36(41,42)43)17-27(14-23)37(44,45)46/h6-15,17,20,30,32H,16,18H2,1-5H3/t20-,30?,32-/m0/s1. The summed E-state index contributed by atoms with van der Waals surface area (Å²) in [6.45, 7) is 2.62. The number of aryl methyl sites for hydroxylation is 1. The molecular formula is C37H33F9N2O4. The topological polar surface area (TPSA) is 59.1 Å². The molecule has 52 heavy (non-hydrogen) atoms. The van der Waals surface area contributed by atoms with E-state index in [1.165, 1.54) is 25.0 Å². The van der Waals surface area contributed by atoms with Gasteiger partial charge in [0.1, 0.15) is 11.9 Å². The molecule has 2 amide bonds. The summed E-state index contributed by atoms with van der Waals surface area (Å²) in [5, 5.41) is 0. The van der Waals surface area contributed by atoms with E-state index in [1.807, 2.05) is 6.92 Å². The number of carbonyl (C=O) groups excluding carboxylic acids is 2. The molecule has 2 aliphatic rings. The molecule has 1 aliphatic carbocycles. The predicted molar refractivity (Wildman–Crippen MR) is 172 cm³/mol. The molecule has 6 nitrogen and oxygen atoms in total. The molecule has 0 saturated carbocycles. The molecular weight excluding hydrogens is 707 g/mol. The Bertz CT molecular complexity index is 1910. The minimum atomic E-state index is -5.15. The van der Waals surface area contributed by atoms with Crippen molar-refractivity contribution in [3.63, 3.8) is 0 Å². The van der Waals surface area contributed by atoms with Crippen LogP contribution in [-0.4, -0.2) is 49.0 Å². The van der Waals surface area contributed by atoms with E-state index in [4.69, 9.17) is 9.47 Å². The number of benzene rings is 3. The number of rotatable bonds is 7. The fourth-order valence-corrected chi connectivity index (χ4v) is 6.52. The maximum Gasteiger partial charge on any atom is 0.416 e. The summed E-state index contributed by atoms with van der Waals surface area (Å²) in [6.07, 6.45) is -14.2. The van der Waals surface area contributed by atoms with Gasteiger partial charge >= 0.3 is 24.6 Å². The summed E-state index contributed by atoms with van der Waals surface area (Å²) < 4.78 is 135. The van der Waals surface area contributed by atoms with Gasteiger partial charge in [-0.15, -0.1) is 0 Å². The van der Waals surface area contributed by atoms with E-state index in [0.717, 1.165) is 33.7 Å². The van der Waals surface area contributed by atoms with E-state index in [-0.39, 0.29) is 24.0 Å². The SMILES string of the molecule is COC1=CC=C(c2ccc(C(=O)N(C)C)cc2C)CC1c1ccc(C(F)(F)F)cc1CN1C(=O)O[C@H](c2cc(C(F)(F)F)cc(C(F)(F)F)c2)[C@@H]1C. The van der Waals surface area contributed by atoms with Crippen molar-refractivity contribution in [1.82, 2.24) is 9.80 Å². The first-order chi connectivity index (χ1) is 24.1. The van der Waals surface area contributed by atoms with Crippen LogP contribution in [0.3, 0.4) is 0 Å². The summed E-state index contributed by atoms with van der Waals surface area (Å²) in [6, 6.07) is 7.84. The summed E-state index contributed by atoms with van der Waals surface area (Å²) in [5.41, 5.74) is -1.69. The highest BCUT2D eigenvalue weighted by Gasteiger charge is 2.44. The van der Waals surface area contributed by atoms with Crippen LogP contribution < -0.4 is 0 Å². The van der Waals surface area contributed by atoms with Crippen LogP contribution in [0.15, 0.2) is 72.5 Å². The van der Waals surface area contributed by atoms with Crippen LogP contribution in [0.4, 0.5) is 44.3 Å². The van der Waals surface area contributed by atoms with Gasteiger partial charge in [0.2, 0.25) is 0 Å². The number of hydrogen-bond acceptors (Lipinski definition) is 4. The lowest BCUT2D eigenvalue weighted by molar-refractivity contribution is -0.143. The van der Waals surface area contributed by atoms with E-state index in [0.29, 0.717) is 29.0 Å². The highest BCUT2D eigenvalue weighted by atomic mass is 19.4. The van der Waals surface area contributed by atoms with E-state index >= 15 is 0 Å². The van der Waals surface area contributed by atoms with Crippen LogP contribution in [0.1, 0.15) is 80.2 Å². The first-order valence-electron chi connectivity index (χ1n) is 15.8. The number of halogens is 9. The average Bonchev–Trinajstić information content (AvgIpc) is 3.34. The van der Waals surface area contributed by atoms with E-state index in [1.54, 1.807) is 44.4 Å². The Balaban J connectivity index is 1.52.